The molecule has 7 heteroatoms. The fraction of sp³-hybridized carbons (Fsp3) is 0.208. The van der Waals surface area contributed by atoms with E-state index in [0.29, 0.717) is 35.3 Å². The van der Waals surface area contributed by atoms with Gasteiger partial charge in [-0.05, 0) is 48.2 Å². The lowest BCUT2D eigenvalue weighted by Crippen LogP contribution is -2.23. The fourth-order valence-corrected chi connectivity index (χ4v) is 4.34. The van der Waals surface area contributed by atoms with Gasteiger partial charge >= 0.3 is 5.97 Å². The zero-order valence-corrected chi connectivity index (χ0v) is 16.4. The van der Waals surface area contributed by atoms with Crippen LogP contribution in [0.3, 0.4) is 0 Å². The summed E-state index contributed by atoms with van der Waals surface area (Å²) in [6.45, 7) is 0. The van der Waals surface area contributed by atoms with Crippen molar-refractivity contribution in [3.63, 3.8) is 0 Å². The van der Waals surface area contributed by atoms with Gasteiger partial charge in [0.1, 0.15) is 29.1 Å². The number of hydrogen-bond acceptors (Lipinski definition) is 7. The van der Waals surface area contributed by atoms with Gasteiger partial charge in [0.05, 0.1) is 6.42 Å². The Labute approximate surface area is 177 Å². The van der Waals surface area contributed by atoms with E-state index in [2.05, 4.69) is 0 Å². The molecule has 31 heavy (non-hydrogen) atoms. The topological polar surface area (TPSA) is 116 Å². The molecule has 0 amide bonds. The van der Waals surface area contributed by atoms with Crippen LogP contribution in [-0.4, -0.2) is 26.4 Å². The van der Waals surface area contributed by atoms with E-state index in [0.717, 1.165) is 5.56 Å². The first-order valence-corrected chi connectivity index (χ1v) is 9.97. The molecular weight excluding hydrogens is 400 g/mol. The van der Waals surface area contributed by atoms with E-state index >= 15 is 0 Å². The molecule has 0 spiro atoms. The van der Waals surface area contributed by atoms with Crippen LogP contribution in [0.25, 0.3) is 0 Å². The number of carbonyl (C=O) groups is 1. The minimum atomic E-state index is -0.416. The monoisotopic (exact) mass is 420 g/mol. The molecule has 2 aliphatic heterocycles. The average Bonchev–Trinajstić information content (AvgIpc) is 2.75. The van der Waals surface area contributed by atoms with Crippen LogP contribution >= 0.6 is 0 Å². The Kier molecular flexibility index (Phi) is 4.39. The SMILES string of the molecule is O=C1CC(c2ccc(O)cc2)c2c(cc3c(c2O)CCC(c2ccc(O)c(O)c2)O3)O1. The van der Waals surface area contributed by atoms with Crippen molar-refractivity contribution in [2.24, 2.45) is 0 Å². The fourth-order valence-electron chi connectivity index (χ4n) is 4.34. The maximum atomic E-state index is 12.3. The normalized spacial score (nSPS) is 19.7. The molecule has 2 aliphatic rings. The standard InChI is InChI=1S/C24H20O7/c25-14-4-1-12(2-5-14)16-10-22(28)31-21-11-20-15(24(29)23(16)21)6-8-19(30-20)13-3-7-17(26)18(27)9-13/h1-5,7,9,11,16,19,25-27,29H,6,8,10H2. The molecule has 2 heterocycles. The molecule has 2 unspecified atom stereocenters. The molecule has 7 nitrogen and oxygen atoms in total. The zero-order chi connectivity index (χ0) is 21.7. The van der Waals surface area contributed by atoms with Crippen molar-refractivity contribution < 1.29 is 34.7 Å². The van der Waals surface area contributed by atoms with E-state index in [9.17, 15) is 25.2 Å². The van der Waals surface area contributed by atoms with Gasteiger partial charge in [0.25, 0.3) is 0 Å². The van der Waals surface area contributed by atoms with Crippen LogP contribution in [0.5, 0.6) is 34.5 Å². The predicted molar refractivity (Wildman–Crippen MR) is 110 cm³/mol. The highest BCUT2D eigenvalue weighted by Crippen LogP contribution is 2.51. The molecule has 0 bridgehead atoms. The first kappa shape index (κ1) is 19.1. The van der Waals surface area contributed by atoms with Crippen LogP contribution < -0.4 is 9.47 Å². The Morgan fingerprint density at radius 1 is 0.839 bits per heavy atom. The minimum absolute atomic E-state index is 0.0464. The molecule has 0 fully saturated rings. The molecule has 5 rings (SSSR count). The summed E-state index contributed by atoms with van der Waals surface area (Å²) in [5, 5.41) is 40.0. The van der Waals surface area contributed by atoms with Gasteiger partial charge in [-0.15, -0.1) is 0 Å². The number of ether oxygens (including phenoxy) is 2. The summed E-state index contributed by atoms with van der Waals surface area (Å²) in [7, 11) is 0. The number of esters is 1. The third kappa shape index (κ3) is 3.28. The second-order valence-electron chi connectivity index (χ2n) is 7.83. The number of phenolic OH excluding ortho intramolecular Hbond substituents is 4. The molecule has 158 valence electrons. The summed E-state index contributed by atoms with van der Waals surface area (Å²) in [4.78, 5) is 12.3. The van der Waals surface area contributed by atoms with Gasteiger partial charge in [-0.1, -0.05) is 18.2 Å². The van der Waals surface area contributed by atoms with Crippen molar-refractivity contribution in [3.05, 3.63) is 70.8 Å². The summed E-state index contributed by atoms with van der Waals surface area (Å²) in [6, 6.07) is 12.7. The largest absolute Gasteiger partial charge is 0.508 e. The van der Waals surface area contributed by atoms with Crippen molar-refractivity contribution in [1.29, 1.82) is 0 Å². The minimum Gasteiger partial charge on any atom is -0.508 e. The van der Waals surface area contributed by atoms with E-state index in [1.54, 1.807) is 36.4 Å². The Morgan fingerprint density at radius 2 is 1.58 bits per heavy atom. The molecule has 0 aromatic heterocycles. The summed E-state index contributed by atoms with van der Waals surface area (Å²) < 4.78 is 11.5. The number of fused-ring (bicyclic) bond motifs is 2. The molecule has 2 atom stereocenters. The summed E-state index contributed by atoms with van der Waals surface area (Å²) in [5.74, 6) is -0.416. The Balaban J connectivity index is 1.54. The van der Waals surface area contributed by atoms with Crippen LogP contribution in [0.4, 0.5) is 0 Å². The number of rotatable bonds is 2. The highest BCUT2D eigenvalue weighted by Gasteiger charge is 2.35. The first-order valence-electron chi connectivity index (χ1n) is 9.97. The second-order valence-corrected chi connectivity index (χ2v) is 7.83. The van der Waals surface area contributed by atoms with Crippen molar-refractivity contribution in [2.45, 2.75) is 31.3 Å². The number of benzene rings is 3. The third-order valence-corrected chi connectivity index (χ3v) is 5.90. The summed E-state index contributed by atoms with van der Waals surface area (Å²) in [6.07, 6.45) is 0.786. The van der Waals surface area contributed by atoms with Gasteiger partial charge in [0, 0.05) is 23.1 Å². The van der Waals surface area contributed by atoms with Crippen LogP contribution in [0.15, 0.2) is 48.5 Å². The highest BCUT2D eigenvalue weighted by atomic mass is 16.5. The van der Waals surface area contributed by atoms with Gasteiger partial charge < -0.3 is 29.9 Å². The first-order chi connectivity index (χ1) is 14.9. The van der Waals surface area contributed by atoms with Crippen molar-refractivity contribution >= 4 is 5.97 Å². The van der Waals surface area contributed by atoms with Gasteiger partial charge in [-0.25, -0.2) is 0 Å². The average molecular weight is 420 g/mol. The summed E-state index contributed by atoms with van der Waals surface area (Å²) >= 11 is 0. The van der Waals surface area contributed by atoms with E-state index in [-0.39, 0.29) is 41.3 Å². The number of carbonyl (C=O) groups excluding carboxylic acids is 1. The van der Waals surface area contributed by atoms with E-state index < -0.39 is 11.9 Å². The van der Waals surface area contributed by atoms with E-state index in [1.807, 2.05) is 0 Å². The van der Waals surface area contributed by atoms with Crippen molar-refractivity contribution in [1.82, 2.24) is 0 Å². The molecule has 3 aromatic rings. The molecule has 0 radical (unpaired) electrons. The predicted octanol–water partition coefficient (Wildman–Crippen LogP) is 4.02. The van der Waals surface area contributed by atoms with Gasteiger partial charge in [-0.3, -0.25) is 4.79 Å². The Morgan fingerprint density at radius 3 is 2.32 bits per heavy atom. The second kappa shape index (κ2) is 7.12. The van der Waals surface area contributed by atoms with Gasteiger partial charge in [0.15, 0.2) is 11.5 Å². The quantitative estimate of drug-likeness (QED) is 0.281. The molecule has 0 saturated carbocycles. The van der Waals surface area contributed by atoms with E-state index in [4.69, 9.17) is 9.47 Å². The van der Waals surface area contributed by atoms with Crippen LogP contribution in [0.2, 0.25) is 0 Å². The Bertz CT molecular complexity index is 1180. The number of aromatic hydroxyl groups is 4. The lowest BCUT2D eigenvalue weighted by Gasteiger charge is -2.32. The smallest absolute Gasteiger partial charge is 0.312 e. The van der Waals surface area contributed by atoms with Crippen molar-refractivity contribution in [2.75, 3.05) is 0 Å². The highest BCUT2D eigenvalue weighted by molar-refractivity contribution is 5.80. The molecule has 3 aromatic carbocycles. The third-order valence-electron chi connectivity index (χ3n) is 5.90. The molecule has 4 N–H and O–H groups in total. The lowest BCUT2D eigenvalue weighted by molar-refractivity contribution is -0.135. The van der Waals surface area contributed by atoms with Crippen molar-refractivity contribution in [3.8, 4) is 34.5 Å². The van der Waals surface area contributed by atoms with E-state index in [1.165, 1.54) is 12.1 Å². The van der Waals surface area contributed by atoms with Crippen LogP contribution in [0, 0.1) is 0 Å². The number of hydrogen-bond donors (Lipinski definition) is 4. The maximum absolute atomic E-state index is 12.3. The Hall–Kier alpha value is -3.87. The number of phenols is 4. The lowest BCUT2D eigenvalue weighted by atomic mass is 9.83. The molecule has 0 saturated heterocycles. The molecule has 0 aliphatic carbocycles. The summed E-state index contributed by atoms with van der Waals surface area (Å²) in [5.41, 5.74) is 2.66. The molecular formula is C24H20O7. The van der Waals surface area contributed by atoms with Gasteiger partial charge in [-0.2, -0.15) is 0 Å². The van der Waals surface area contributed by atoms with Gasteiger partial charge in [0.2, 0.25) is 0 Å². The zero-order valence-electron chi connectivity index (χ0n) is 16.4. The van der Waals surface area contributed by atoms with Crippen LogP contribution in [0.1, 0.15) is 47.1 Å². The van der Waals surface area contributed by atoms with Crippen LogP contribution in [-0.2, 0) is 11.2 Å². The maximum Gasteiger partial charge on any atom is 0.312 e.